The van der Waals surface area contributed by atoms with E-state index < -0.39 is 0 Å². The van der Waals surface area contributed by atoms with Gasteiger partial charge in [-0.1, -0.05) is 24.3 Å². The van der Waals surface area contributed by atoms with Gasteiger partial charge >= 0.3 is 0 Å². The molecule has 0 unspecified atom stereocenters. The Morgan fingerprint density at radius 2 is 1.81 bits per heavy atom. The molecule has 0 N–H and O–H groups in total. The van der Waals surface area contributed by atoms with Crippen LogP contribution in [0.4, 0.5) is 5.69 Å². The number of para-hydroxylation sites is 1. The van der Waals surface area contributed by atoms with Crippen molar-refractivity contribution in [3.8, 4) is 0 Å². The maximum absolute atomic E-state index is 12.4. The summed E-state index contributed by atoms with van der Waals surface area (Å²) in [5.41, 5.74) is 0.896. The van der Waals surface area contributed by atoms with E-state index in [1.807, 2.05) is 47.8 Å². The molecule has 1 aliphatic heterocycles. The van der Waals surface area contributed by atoms with Gasteiger partial charge in [-0.25, -0.2) is 0 Å². The molecule has 5 heteroatoms. The minimum absolute atomic E-state index is 0.0210. The van der Waals surface area contributed by atoms with Crippen LogP contribution in [0, 0.1) is 0 Å². The Balaban J connectivity index is 1.74. The smallest absolute Gasteiger partial charge is 0.263 e. The second-order valence-electron chi connectivity index (χ2n) is 4.90. The van der Waals surface area contributed by atoms with Crippen molar-refractivity contribution in [3.63, 3.8) is 0 Å². The number of carbonyl (C=O) groups excluding carboxylic acids is 2. The summed E-state index contributed by atoms with van der Waals surface area (Å²) < 4.78 is 0. The molecule has 0 radical (unpaired) electrons. The van der Waals surface area contributed by atoms with Crippen LogP contribution in [0.3, 0.4) is 0 Å². The van der Waals surface area contributed by atoms with Crippen molar-refractivity contribution >= 4 is 28.8 Å². The molecular formula is C16H16N2O2S. The van der Waals surface area contributed by atoms with E-state index in [9.17, 15) is 9.59 Å². The van der Waals surface area contributed by atoms with Crippen molar-refractivity contribution in [1.29, 1.82) is 0 Å². The number of thiophene rings is 1. The van der Waals surface area contributed by atoms with Gasteiger partial charge in [0.2, 0.25) is 5.91 Å². The molecule has 4 nitrogen and oxygen atoms in total. The van der Waals surface area contributed by atoms with Crippen molar-refractivity contribution in [1.82, 2.24) is 4.90 Å². The molecule has 0 aliphatic carbocycles. The van der Waals surface area contributed by atoms with Crippen LogP contribution < -0.4 is 4.90 Å². The second-order valence-corrected chi connectivity index (χ2v) is 5.85. The van der Waals surface area contributed by atoms with Crippen LogP contribution in [0.5, 0.6) is 0 Å². The highest BCUT2D eigenvalue weighted by atomic mass is 32.1. The molecule has 1 saturated heterocycles. The average molecular weight is 300 g/mol. The molecule has 1 aromatic heterocycles. The van der Waals surface area contributed by atoms with Crippen LogP contribution in [-0.2, 0) is 4.79 Å². The molecule has 0 spiro atoms. The third kappa shape index (κ3) is 2.97. The Kier molecular flexibility index (Phi) is 4.01. The first-order valence-corrected chi connectivity index (χ1v) is 7.82. The normalized spacial score (nSPS) is 15.9. The van der Waals surface area contributed by atoms with Gasteiger partial charge in [-0.05, 0) is 23.6 Å². The summed E-state index contributed by atoms with van der Waals surface area (Å²) in [5.74, 6) is 0.0930. The fraction of sp³-hybridized carbons (Fsp3) is 0.250. The van der Waals surface area contributed by atoms with Gasteiger partial charge in [-0.2, -0.15) is 0 Å². The molecule has 108 valence electrons. The van der Waals surface area contributed by atoms with Gasteiger partial charge in [-0.3, -0.25) is 9.59 Å². The quantitative estimate of drug-likeness (QED) is 0.855. The summed E-state index contributed by atoms with van der Waals surface area (Å²) in [4.78, 5) is 28.9. The summed E-state index contributed by atoms with van der Waals surface area (Å²) in [7, 11) is 0. The zero-order valence-electron chi connectivity index (χ0n) is 11.6. The van der Waals surface area contributed by atoms with Gasteiger partial charge in [0, 0.05) is 31.7 Å². The lowest BCUT2D eigenvalue weighted by atomic mass is 10.2. The molecule has 21 heavy (non-hydrogen) atoms. The zero-order chi connectivity index (χ0) is 14.7. The number of benzene rings is 1. The number of rotatable bonds is 2. The van der Waals surface area contributed by atoms with Crippen molar-refractivity contribution < 1.29 is 9.59 Å². The molecular weight excluding hydrogens is 284 g/mol. The number of nitrogens with zero attached hydrogens (tertiary/aromatic N) is 2. The van der Waals surface area contributed by atoms with Gasteiger partial charge in [0.05, 0.1) is 4.88 Å². The lowest BCUT2D eigenvalue weighted by molar-refractivity contribution is -0.118. The Morgan fingerprint density at radius 1 is 1.00 bits per heavy atom. The zero-order valence-corrected chi connectivity index (χ0v) is 12.4. The first kappa shape index (κ1) is 13.8. The molecule has 1 aliphatic rings. The van der Waals surface area contributed by atoms with Gasteiger partial charge in [-0.15, -0.1) is 11.3 Å². The predicted molar refractivity (Wildman–Crippen MR) is 83.6 cm³/mol. The average Bonchev–Trinajstić information content (AvgIpc) is 2.98. The molecule has 1 aromatic carbocycles. The molecule has 0 atom stereocenters. The van der Waals surface area contributed by atoms with E-state index in [0.717, 1.165) is 10.6 Å². The molecule has 3 rings (SSSR count). The van der Waals surface area contributed by atoms with Gasteiger partial charge in [0.1, 0.15) is 0 Å². The fourth-order valence-corrected chi connectivity index (χ4v) is 3.15. The number of hydrogen-bond acceptors (Lipinski definition) is 3. The van der Waals surface area contributed by atoms with Crippen LogP contribution in [-0.4, -0.2) is 36.3 Å². The van der Waals surface area contributed by atoms with E-state index in [0.29, 0.717) is 26.1 Å². The predicted octanol–water partition coefficient (Wildman–Crippen LogP) is 2.63. The summed E-state index contributed by atoms with van der Waals surface area (Å²) >= 11 is 1.44. The summed E-state index contributed by atoms with van der Waals surface area (Å²) in [6.07, 6.45) is 0.367. The highest BCUT2D eigenvalue weighted by molar-refractivity contribution is 7.12. The first-order valence-electron chi connectivity index (χ1n) is 6.94. The Labute approximate surface area is 127 Å². The molecule has 1 fully saturated rings. The van der Waals surface area contributed by atoms with E-state index in [-0.39, 0.29) is 11.8 Å². The van der Waals surface area contributed by atoms with Crippen molar-refractivity contribution in [3.05, 3.63) is 52.7 Å². The number of amides is 2. The van der Waals surface area contributed by atoms with Crippen LogP contribution in [0.15, 0.2) is 47.8 Å². The number of hydrogen-bond donors (Lipinski definition) is 0. The third-order valence-electron chi connectivity index (χ3n) is 3.58. The molecule has 0 bridgehead atoms. The lowest BCUT2D eigenvalue weighted by Crippen LogP contribution is -2.35. The number of carbonyl (C=O) groups is 2. The largest absolute Gasteiger partial charge is 0.336 e. The van der Waals surface area contributed by atoms with Crippen molar-refractivity contribution in [2.45, 2.75) is 6.42 Å². The summed E-state index contributed by atoms with van der Waals surface area (Å²) in [6.45, 7) is 1.59. The molecule has 2 aromatic rings. The Hall–Kier alpha value is -2.14. The van der Waals surface area contributed by atoms with Crippen LogP contribution in [0.2, 0.25) is 0 Å². The van der Waals surface area contributed by atoms with E-state index in [2.05, 4.69) is 0 Å². The topological polar surface area (TPSA) is 40.6 Å². The van der Waals surface area contributed by atoms with Gasteiger partial charge in [0.25, 0.3) is 5.91 Å². The van der Waals surface area contributed by atoms with E-state index in [1.165, 1.54) is 11.3 Å². The van der Waals surface area contributed by atoms with Gasteiger partial charge < -0.3 is 9.80 Å². The second kappa shape index (κ2) is 6.10. The molecule has 2 amide bonds. The van der Waals surface area contributed by atoms with E-state index in [4.69, 9.17) is 0 Å². The van der Waals surface area contributed by atoms with E-state index in [1.54, 1.807) is 9.80 Å². The highest BCUT2D eigenvalue weighted by Gasteiger charge is 2.25. The minimum Gasteiger partial charge on any atom is -0.336 e. The Morgan fingerprint density at radius 3 is 2.52 bits per heavy atom. The standard InChI is InChI=1S/C16H16N2O2S/c19-15-8-9-17(16(20)14-7-4-12-21-14)10-11-18(15)13-5-2-1-3-6-13/h1-7,12H,8-11H2. The van der Waals surface area contributed by atoms with Crippen molar-refractivity contribution in [2.75, 3.05) is 24.5 Å². The van der Waals surface area contributed by atoms with Crippen molar-refractivity contribution in [2.24, 2.45) is 0 Å². The monoisotopic (exact) mass is 300 g/mol. The highest BCUT2D eigenvalue weighted by Crippen LogP contribution is 2.19. The van der Waals surface area contributed by atoms with E-state index >= 15 is 0 Å². The third-order valence-corrected chi connectivity index (χ3v) is 4.44. The maximum Gasteiger partial charge on any atom is 0.263 e. The lowest BCUT2D eigenvalue weighted by Gasteiger charge is -2.22. The fourth-order valence-electron chi connectivity index (χ4n) is 2.46. The van der Waals surface area contributed by atoms with Gasteiger partial charge in [0.15, 0.2) is 0 Å². The maximum atomic E-state index is 12.4. The van der Waals surface area contributed by atoms with Crippen LogP contribution in [0.1, 0.15) is 16.1 Å². The number of anilines is 1. The molecule has 0 saturated carbocycles. The minimum atomic E-state index is 0.0210. The SMILES string of the molecule is O=C(c1cccs1)N1CCC(=O)N(c2ccccc2)CC1. The van der Waals surface area contributed by atoms with Crippen LogP contribution in [0.25, 0.3) is 0 Å². The summed E-state index contributed by atoms with van der Waals surface area (Å²) in [6, 6.07) is 13.3. The Bertz CT molecular complexity index is 625. The summed E-state index contributed by atoms with van der Waals surface area (Å²) in [5, 5.41) is 1.90. The first-order chi connectivity index (χ1) is 10.3. The molecule has 2 heterocycles. The van der Waals surface area contributed by atoms with Crippen LogP contribution >= 0.6 is 11.3 Å².